The van der Waals surface area contributed by atoms with Crippen molar-refractivity contribution in [2.45, 2.75) is 32.6 Å². The van der Waals surface area contributed by atoms with Gasteiger partial charge >= 0.3 is 11.9 Å². The van der Waals surface area contributed by atoms with Gasteiger partial charge in [0.05, 0.1) is 13.0 Å². The molecular weight excluding hydrogens is 282 g/mol. The van der Waals surface area contributed by atoms with Crippen LogP contribution in [0.15, 0.2) is 30.3 Å². The zero-order valence-corrected chi connectivity index (χ0v) is 13.2. The second-order valence-corrected chi connectivity index (χ2v) is 5.13. The summed E-state index contributed by atoms with van der Waals surface area (Å²) in [6.07, 6.45) is 1.97. The predicted molar refractivity (Wildman–Crippen MR) is 84.7 cm³/mol. The molecule has 0 aliphatic rings. The lowest BCUT2D eigenvalue weighted by Gasteiger charge is -2.21. The Labute approximate surface area is 131 Å². The van der Waals surface area contributed by atoms with Crippen LogP contribution in [0.4, 0.5) is 0 Å². The summed E-state index contributed by atoms with van der Waals surface area (Å²) in [5.41, 5.74) is 1.24. The van der Waals surface area contributed by atoms with E-state index in [1.54, 1.807) is 6.92 Å². The normalized spacial score (nSPS) is 10.6. The standard InChI is InChI=1S/C17H25NO4/c1-2-22-17(21)11-14-18(12-6-9-16(19)20)13-10-15-7-4-3-5-8-15/h3-5,7-8H,2,6,9-14H2,1H3,(H,19,20). The first-order valence-electron chi connectivity index (χ1n) is 7.75. The molecule has 1 aromatic carbocycles. The Balaban J connectivity index is 2.42. The smallest absolute Gasteiger partial charge is 0.307 e. The minimum Gasteiger partial charge on any atom is -0.481 e. The number of ether oxygens (including phenoxy) is 1. The van der Waals surface area contributed by atoms with Crippen LogP contribution in [0.5, 0.6) is 0 Å². The van der Waals surface area contributed by atoms with Gasteiger partial charge in [-0.1, -0.05) is 30.3 Å². The first kappa shape index (κ1) is 18.2. The minimum atomic E-state index is -0.784. The number of carboxylic acids is 1. The van der Waals surface area contributed by atoms with Crippen molar-refractivity contribution in [3.05, 3.63) is 35.9 Å². The van der Waals surface area contributed by atoms with E-state index < -0.39 is 5.97 Å². The summed E-state index contributed by atoms with van der Waals surface area (Å²) in [7, 11) is 0. The van der Waals surface area contributed by atoms with E-state index in [0.717, 1.165) is 13.0 Å². The Morgan fingerprint density at radius 1 is 1.09 bits per heavy atom. The van der Waals surface area contributed by atoms with Gasteiger partial charge < -0.3 is 14.7 Å². The molecule has 0 spiro atoms. The van der Waals surface area contributed by atoms with Crippen LogP contribution in [0.1, 0.15) is 31.7 Å². The SMILES string of the molecule is CCOC(=O)CCN(CCCC(=O)O)CCc1ccccc1. The van der Waals surface area contributed by atoms with Crippen molar-refractivity contribution in [3.63, 3.8) is 0 Å². The first-order valence-corrected chi connectivity index (χ1v) is 7.75. The molecule has 0 aliphatic heterocycles. The van der Waals surface area contributed by atoms with Gasteiger partial charge in [-0.3, -0.25) is 9.59 Å². The van der Waals surface area contributed by atoms with Gasteiger partial charge in [0.1, 0.15) is 0 Å². The number of carboxylic acid groups (broad SMARTS) is 1. The average molecular weight is 307 g/mol. The highest BCUT2D eigenvalue weighted by atomic mass is 16.5. The van der Waals surface area contributed by atoms with Crippen molar-refractivity contribution in [1.82, 2.24) is 4.90 Å². The fourth-order valence-corrected chi connectivity index (χ4v) is 2.20. The summed E-state index contributed by atoms with van der Waals surface area (Å²) in [6, 6.07) is 10.1. The monoisotopic (exact) mass is 307 g/mol. The molecule has 0 radical (unpaired) electrons. The van der Waals surface area contributed by atoms with Gasteiger partial charge in [-0.15, -0.1) is 0 Å². The number of esters is 1. The maximum Gasteiger partial charge on any atom is 0.307 e. The molecule has 0 saturated heterocycles. The molecule has 22 heavy (non-hydrogen) atoms. The third-order valence-corrected chi connectivity index (χ3v) is 3.36. The fourth-order valence-electron chi connectivity index (χ4n) is 2.20. The molecule has 1 aromatic rings. The summed E-state index contributed by atoms with van der Waals surface area (Å²) < 4.78 is 4.94. The average Bonchev–Trinajstić information content (AvgIpc) is 2.50. The van der Waals surface area contributed by atoms with E-state index in [-0.39, 0.29) is 12.4 Å². The zero-order valence-electron chi connectivity index (χ0n) is 13.2. The van der Waals surface area contributed by atoms with Crippen LogP contribution in [-0.2, 0) is 20.7 Å². The lowest BCUT2D eigenvalue weighted by molar-refractivity contribution is -0.143. The van der Waals surface area contributed by atoms with Crippen LogP contribution in [0, 0.1) is 0 Å². The second-order valence-electron chi connectivity index (χ2n) is 5.13. The van der Waals surface area contributed by atoms with Gasteiger partial charge in [0.25, 0.3) is 0 Å². The molecule has 5 nitrogen and oxygen atoms in total. The molecule has 1 rings (SSSR count). The fraction of sp³-hybridized carbons (Fsp3) is 0.529. The van der Waals surface area contributed by atoms with Crippen molar-refractivity contribution in [2.75, 3.05) is 26.2 Å². The molecule has 0 fully saturated rings. The molecule has 122 valence electrons. The van der Waals surface area contributed by atoms with Gasteiger partial charge in [0, 0.05) is 19.5 Å². The van der Waals surface area contributed by atoms with Gasteiger partial charge in [-0.05, 0) is 31.9 Å². The Morgan fingerprint density at radius 2 is 1.82 bits per heavy atom. The minimum absolute atomic E-state index is 0.154. The third-order valence-electron chi connectivity index (χ3n) is 3.36. The molecule has 0 unspecified atom stereocenters. The molecule has 5 heteroatoms. The number of carbonyl (C=O) groups is 2. The van der Waals surface area contributed by atoms with E-state index in [4.69, 9.17) is 9.84 Å². The number of aliphatic carboxylic acids is 1. The lowest BCUT2D eigenvalue weighted by Crippen LogP contribution is -2.30. The molecule has 0 amide bonds. The highest BCUT2D eigenvalue weighted by Gasteiger charge is 2.10. The maximum atomic E-state index is 11.5. The topological polar surface area (TPSA) is 66.8 Å². The van der Waals surface area contributed by atoms with Crippen LogP contribution in [-0.4, -0.2) is 48.2 Å². The number of hydrogen-bond acceptors (Lipinski definition) is 4. The van der Waals surface area contributed by atoms with Gasteiger partial charge in [-0.2, -0.15) is 0 Å². The number of rotatable bonds is 11. The van der Waals surface area contributed by atoms with Crippen molar-refractivity contribution < 1.29 is 19.4 Å². The maximum absolute atomic E-state index is 11.5. The molecule has 0 heterocycles. The lowest BCUT2D eigenvalue weighted by atomic mass is 10.1. The molecule has 0 aromatic heterocycles. The van der Waals surface area contributed by atoms with Gasteiger partial charge in [0.15, 0.2) is 0 Å². The summed E-state index contributed by atoms with van der Waals surface area (Å²) in [6.45, 7) is 4.27. The van der Waals surface area contributed by atoms with Crippen molar-refractivity contribution in [2.24, 2.45) is 0 Å². The van der Waals surface area contributed by atoms with Gasteiger partial charge in [-0.25, -0.2) is 0 Å². The van der Waals surface area contributed by atoms with Crippen LogP contribution >= 0.6 is 0 Å². The van der Waals surface area contributed by atoms with Gasteiger partial charge in [0.2, 0.25) is 0 Å². The second kappa shape index (κ2) is 10.8. The Bertz CT molecular complexity index is 447. The van der Waals surface area contributed by atoms with Crippen LogP contribution in [0.2, 0.25) is 0 Å². The number of carbonyl (C=O) groups excluding carboxylic acids is 1. The first-order chi connectivity index (χ1) is 10.6. The van der Waals surface area contributed by atoms with E-state index in [0.29, 0.717) is 32.5 Å². The molecule has 0 aliphatic carbocycles. The number of benzene rings is 1. The quantitative estimate of drug-likeness (QED) is 0.636. The van der Waals surface area contributed by atoms with Crippen LogP contribution in [0.3, 0.4) is 0 Å². The van der Waals surface area contributed by atoms with E-state index in [2.05, 4.69) is 17.0 Å². The Hall–Kier alpha value is -1.88. The molecule has 0 atom stereocenters. The predicted octanol–water partition coefficient (Wildman–Crippen LogP) is 2.35. The van der Waals surface area contributed by atoms with E-state index in [9.17, 15) is 9.59 Å². The molecule has 0 saturated carbocycles. The Kier molecular flexibility index (Phi) is 8.91. The van der Waals surface area contributed by atoms with Crippen molar-refractivity contribution >= 4 is 11.9 Å². The molecule has 1 N–H and O–H groups in total. The van der Waals surface area contributed by atoms with Crippen molar-refractivity contribution in [1.29, 1.82) is 0 Å². The van der Waals surface area contributed by atoms with E-state index >= 15 is 0 Å². The largest absolute Gasteiger partial charge is 0.481 e. The zero-order chi connectivity index (χ0) is 16.2. The van der Waals surface area contributed by atoms with Crippen LogP contribution in [0.25, 0.3) is 0 Å². The molecule has 0 bridgehead atoms. The summed E-state index contributed by atoms with van der Waals surface area (Å²) >= 11 is 0. The molecular formula is C17H25NO4. The number of hydrogen-bond donors (Lipinski definition) is 1. The van der Waals surface area contributed by atoms with Crippen LogP contribution < -0.4 is 0 Å². The van der Waals surface area contributed by atoms with E-state index in [1.807, 2.05) is 18.2 Å². The van der Waals surface area contributed by atoms with Crippen molar-refractivity contribution in [3.8, 4) is 0 Å². The summed E-state index contributed by atoms with van der Waals surface area (Å²) in [5, 5.41) is 8.73. The van der Waals surface area contributed by atoms with E-state index in [1.165, 1.54) is 5.56 Å². The summed E-state index contributed by atoms with van der Waals surface area (Å²) in [5.74, 6) is -0.987. The highest BCUT2D eigenvalue weighted by molar-refractivity contribution is 5.69. The summed E-state index contributed by atoms with van der Waals surface area (Å²) in [4.78, 5) is 24.2. The Morgan fingerprint density at radius 3 is 2.45 bits per heavy atom. The third kappa shape index (κ3) is 8.42. The highest BCUT2D eigenvalue weighted by Crippen LogP contribution is 2.04. The number of nitrogens with zero attached hydrogens (tertiary/aromatic N) is 1.